The quantitative estimate of drug-likeness (QED) is 0.693. The van der Waals surface area contributed by atoms with E-state index >= 15 is 0 Å². The Morgan fingerprint density at radius 2 is 2.21 bits per heavy atom. The lowest BCUT2D eigenvalue weighted by Crippen LogP contribution is -2.50. The number of hydrogen-bond acceptors (Lipinski definition) is 4. The average Bonchev–Trinajstić information content (AvgIpc) is 2.14. The van der Waals surface area contributed by atoms with Gasteiger partial charge in [-0.2, -0.15) is 0 Å². The van der Waals surface area contributed by atoms with Crippen LogP contribution in [0.15, 0.2) is 18.2 Å². The maximum atomic E-state index is 5.68. The first-order valence-corrected chi connectivity index (χ1v) is 4.60. The molecule has 0 saturated carbocycles. The molecule has 0 bridgehead atoms. The van der Waals surface area contributed by atoms with Crippen LogP contribution in [0.4, 0.5) is 5.69 Å². The number of methoxy groups -OCH3 is 1. The molecule has 0 amide bonds. The maximum absolute atomic E-state index is 5.68. The molecular weight excluding hydrogens is 180 g/mol. The van der Waals surface area contributed by atoms with E-state index in [0.717, 1.165) is 18.8 Å². The molecule has 76 valence electrons. The summed E-state index contributed by atoms with van der Waals surface area (Å²) in [4.78, 5) is 0. The third kappa shape index (κ3) is 1.75. The molecule has 1 saturated heterocycles. The smallest absolute Gasteiger partial charge is 0.145 e. The molecule has 0 radical (unpaired) electrons. The van der Waals surface area contributed by atoms with Crippen LogP contribution in [0.3, 0.4) is 0 Å². The molecule has 1 aromatic carbocycles. The molecule has 1 heterocycles. The Labute approximate surface area is 83.0 Å². The van der Waals surface area contributed by atoms with Gasteiger partial charge >= 0.3 is 0 Å². The fourth-order valence-corrected chi connectivity index (χ4v) is 1.30. The van der Waals surface area contributed by atoms with Crippen molar-refractivity contribution < 1.29 is 9.47 Å². The van der Waals surface area contributed by atoms with Gasteiger partial charge in [0.15, 0.2) is 0 Å². The zero-order valence-corrected chi connectivity index (χ0v) is 8.12. The van der Waals surface area contributed by atoms with Crippen molar-refractivity contribution in [3.63, 3.8) is 0 Å². The zero-order valence-electron chi connectivity index (χ0n) is 8.12. The lowest BCUT2D eigenvalue weighted by atomic mass is 10.2. The van der Waals surface area contributed by atoms with E-state index in [1.807, 2.05) is 12.1 Å². The first kappa shape index (κ1) is 9.15. The summed E-state index contributed by atoms with van der Waals surface area (Å²) in [5.74, 6) is 1.47. The monoisotopic (exact) mass is 194 g/mol. The highest BCUT2D eigenvalue weighted by Crippen LogP contribution is 2.27. The molecule has 0 spiro atoms. The van der Waals surface area contributed by atoms with E-state index in [9.17, 15) is 0 Å². The molecular formula is C10H14N2O2. The van der Waals surface area contributed by atoms with Gasteiger partial charge in [0.2, 0.25) is 0 Å². The van der Waals surface area contributed by atoms with Crippen molar-refractivity contribution in [3.8, 4) is 11.5 Å². The number of nitrogen functional groups attached to an aromatic ring is 1. The van der Waals surface area contributed by atoms with Crippen LogP contribution in [0.25, 0.3) is 0 Å². The van der Waals surface area contributed by atoms with Crippen LogP contribution in [0.1, 0.15) is 0 Å². The molecule has 1 aliphatic rings. The summed E-state index contributed by atoms with van der Waals surface area (Å²) < 4.78 is 10.7. The minimum Gasteiger partial charge on any atom is -0.494 e. The first-order valence-electron chi connectivity index (χ1n) is 4.60. The number of hydrogen-bond donors (Lipinski definition) is 2. The van der Waals surface area contributed by atoms with Crippen molar-refractivity contribution >= 4 is 5.69 Å². The van der Waals surface area contributed by atoms with Crippen LogP contribution in [-0.4, -0.2) is 26.3 Å². The van der Waals surface area contributed by atoms with Gasteiger partial charge in [-0.25, -0.2) is 0 Å². The minimum absolute atomic E-state index is 0.281. The van der Waals surface area contributed by atoms with Gasteiger partial charge in [-0.15, -0.1) is 0 Å². The molecule has 0 unspecified atom stereocenters. The molecule has 14 heavy (non-hydrogen) atoms. The molecule has 0 aromatic heterocycles. The molecule has 2 rings (SSSR count). The summed E-state index contributed by atoms with van der Waals surface area (Å²) in [7, 11) is 1.60. The van der Waals surface area contributed by atoms with Crippen LogP contribution in [-0.2, 0) is 0 Å². The summed E-state index contributed by atoms with van der Waals surface area (Å²) in [6, 6.07) is 5.46. The number of anilines is 1. The highest BCUT2D eigenvalue weighted by molar-refractivity contribution is 5.55. The Bertz CT molecular complexity index is 324. The van der Waals surface area contributed by atoms with Gasteiger partial charge < -0.3 is 20.5 Å². The Morgan fingerprint density at radius 3 is 2.79 bits per heavy atom. The number of nitrogens with two attached hydrogens (primary N) is 1. The lowest BCUT2D eigenvalue weighted by molar-refractivity contribution is 0.142. The first-order chi connectivity index (χ1) is 6.79. The fourth-order valence-electron chi connectivity index (χ4n) is 1.30. The van der Waals surface area contributed by atoms with Gasteiger partial charge in [0, 0.05) is 19.2 Å². The molecule has 4 heteroatoms. The molecule has 3 N–H and O–H groups in total. The van der Waals surface area contributed by atoms with E-state index in [-0.39, 0.29) is 6.10 Å². The molecule has 4 nitrogen and oxygen atoms in total. The van der Waals surface area contributed by atoms with Gasteiger partial charge in [-0.3, -0.25) is 0 Å². The summed E-state index contributed by atoms with van der Waals surface area (Å²) in [5, 5.41) is 3.14. The van der Waals surface area contributed by atoms with Crippen molar-refractivity contribution in [3.05, 3.63) is 18.2 Å². The van der Waals surface area contributed by atoms with Crippen LogP contribution in [0.2, 0.25) is 0 Å². The second-order valence-corrected chi connectivity index (χ2v) is 3.30. The van der Waals surface area contributed by atoms with E-state index in [0.29, 0.717) is 11.4 Å². The highest BCUT2D eigenvalue weighted by Gasteiger charge is 2.18. The van der Waals surface area contributed by atoms with Crippen molar-refractivity contribution in [1.29, 1.82) is 0 Å². The Balaban J connectivity index is 2.09. The normalized spacial score (nSPS) is 16.1. The van der Waals surface area contributed by atoms with Crippen molar-refractivity contribution in [1.82, 2.24) is 5.32 Å². The van der Waals surface area contributed by atoms with Crippen molar-refractivity contribution in [2.75, 3.05) is 25.9 Å². The largest absolute Gasteiger partial charge is 0.494 e. The fraction of sp³-hybridized carbons (Fsp3) is 0.400. The van der Waals surface area contributed by atoms with Gasteiger partial charge in [0.25, 0.3) is 0 Å². The predicted octanol–water partition coefficient (Wildman–Crippen LogP) is 0.628. The summed E-state index contributed by atoms with van der Waals surface area (Å²) in [6.45, 7) is 1.82. The highest BCUT2D eigenvalue weighted by atomic mass is 16.5. The van der Waals surface area contributed by atoms with Gasteiger partial charge in [0.1, 0.15) is 17.6 Å². The van der Waals surface area contributed by atoms with Crippen molar-refractivity contribution in [2.24, 2.45) is 0 Å². The summed E-state index contributed by atoms with van der Waals surface area (Å²) in [5.41, 5.74) is 6.32. The number of rotatable bonds is 3. The Hall–Kier alpha value is -1.42. The summed E-state index contributed by atoms with van der Waals surface area (Å²) in [6.07, 6.45) is 0.281. The Morgan fingerprint density at radius 1 is 1.43 bits per heavy atom. The molecule has 0 aliphatic carbocycles. The van der Waals surface area contributed by atoms with E-state index in [1.54, 1.807) is 13.2 Å². The molecule has 1 fully saturated rings. The van der Waals surface area contributed by atoms with E-state index < -0.39 is 0 Å². The molecule has 1 aliphatic heterocycles. The van der Waals surface area contributed by atoms with Gasteiger partial charge in [-0.1, -0.05) is 0 Å². The van der Waals surface area contributed by atoms with Crippen LogP contribution < -0.4 is 20.5 Å². The maximum Gasteiger partial charge on any atom is 0.145 e. The van der Waals surface area contributed by atoms with E-state index in [4.69, 9.17) is 15.2 Å². The SMILES string of the molecule is COc1cc(OC2CNC2)ccc1N. The zero-order chi connectivity index (χ0) is 9.97. The standard InChI is InChI=1S/C10H14N2O2/c1-13-10-4-7(2-3-9(10)11)14-8-5-12-6-8/h2-4,8,12H,5-6,11H2,1H3. The lowest BCUT2D eigenvalue weighted by Gasteiger charge is -2.27. The van der Waals surface area contributed by atoms with Crippen LogP contribution in [0.5, 0.6) is 11.5 Å². The van der Waals surface area contributed by atoms with Crippen LogP contribution >= 0.6 is 0 Å². The van der Waals surface area contributed by atoms with Crippen molar-refractivity contribution in [2.45, 2.75) is 6.10 Å². The van der Waals surface area contributed by atoms with E-state index in [1.165, 1.54) is 0 Å². The third-order valence-corrected chi connectivity index (χ3v) is 2.25. The van der Waals surface area contributed by atoms with Gasteiger partial charge in [0.05, 0.1) is 12.8 Å². The topological polar surface area (TPSA) is 56.5 Å². The van der Waals surface area contributed by atoms with Gasteiger partial charge in [-0.05, 0) is 12.1 Å². The molecule has 1 aromatic rings. The second kappa shape index (κ2) is 3.75. The number of benzene rings is 1. The predicted molar refractivity (Wildman–Crippen MR) is 54.7 cm³/mol. The average molecular weight is 194 g/mol. The van der Waals surface area contributed by atoms with Crippen LogP contribution in [0, 0.1) is 0 Å². The number of nitrogens with one attached hydrogen (secondary N) is 1. The Kier molecular flexibility index (Phi) is 2.45. The third-order valence-electron chi connectivity index (χ3n) is 2.25. The van der Waals surface area contributed by atoms with E-state index in [2.05, 4.69) is 5.32 Å². The second-order valence-electron chi connectivity index (χ2n) is 3.30. The number of ether oxygens (including phenoxy) is 2. The molecule has 0 atom stereocenters. The minimum atomic E-state index is 0.281. The summed E-state index contributed by atoms with van der Waals surface area (Å²) >= 11 is 0.